The molecule has 0 atom stereocenters. The zero-order chi connectivity index (χ0) is 18.4. The summed E-state index contributed by atoms with van der Waals surface area (Å²) in [5, 5.41) is 7.20. The van der Waals surface area contributed by atoms with E-state index >= 15 is 0 Å². The predicted molar refractivity (Wildman–Crippen MR) is 99.3 cm³/mol. The van der Waals surface area contributed by atoms with Crippen LogP contribution in [-0.2, 0) is 14.9 Å². The molecule has 0 fully saturated rings. The molecule has 0 aliphatic carbocycles. The monoisotopic (exact) mass is 364 g/mol. The Balaban J connectivity index is 2.02. The van der Waals surface area contributed by atoms with E-state index in [1.807, 2.05) is 6.07 Å². The van der Waals surface area contributed by atoms with Gasteiger partial charge in [0.1, 0.15) is 4.90 Å². The van der Waals surface area contributed by atoms with E-state index in [4.69, 9.17) is 0 Å². The summed E-state index contributed by atoms with van der Waals surface area (Å²) in [6.45, 7) is 5.15. The normalized spacial score (nSPS) is 11.7. The fourth-order valence-corrected chi connectivity index (χ4v) is 3.27. The molecule has 0 aromatic heterocycles. The van der Waals surface area contributed by atoms with Crippen molar-refractivity contribution in [2.24, 2.45) is 5.92 Å². The number of amides is 1. The lowest BCUT2D eigenvalue weighted by Gasteiger charge is -2.12. The number of fused-ring (bicyclic) bond motifs is 1. The molecule has 0 saturated carbocycles. The molecule has 0 heterocycles. The number of hydrogen-bond donors (Lipinski definition) is 3. The average Bonchev–Trinajstić information content (AvgIpc) is 2.55. The highest BCUT2D eigenvalue weighted by atomic mass is 32.2. The summed E-state index contributed by atoms with van der Waals surface area (Å²) in [5.41, 5.74) is 0.749. The summed E-state index contributed by atoms with van der Waals surface area (Å²) in [7, 11) is -4.28. The number of hydrogen-bond acceptors (Lipinski definition) is 4. The lowest BCUT2D eigenvalue weighted by atomic mass is 10.1. The van der Waals surface area contributed by atoms with Gasteiger partial charge in [-0.1, -0.05) is 38.1 Å². The van der Waals surface area contributed by atoms with Crippen molar-refractivity contribution in [1.82, 2.24) is 5.32 Å². The van der Waals surface area contributed by atoms with Crippen LogP contribution in [0.15, 0.2) is 41.3 Å². The van der Waals surface area contributed by atoms with Gasteiger partial charge in [0.05, 0.1) is 0 Å². The first-order valence-corrected chi connectivity index (χ1v) is 9.73. The Kier molecular flexibility index (Phi) is 6.39. The quantitative estimate of drug-likeness (QED) is 0.494. The zero-order valence-electron chi connectivity index (χ0n) is 14.5. The molecule has 0 aliphatic heterocycles. The average molecular weight is 364 g/mol. The van der Waals surface area contributed by atoms with Crippen molar-refractivity contribution in [3.63, 3.8) is 0 Å². The number of carbonyl (C=O) groups excluding carboxylic acids is 1. The lowest BCUT2D eigenvalue weighted by molar-refractivity contribution is -0.121. The minimum atomic E-state index is -4.28. The van der Waals surface area contributed by atoms with Crippen LogP contribution in [0.3, 0.4) is 0 Å². The fraction of sp³-hybridized carbons (Fsp3) is 0.389. The third kappa shape index (κ3) is 5.44. The summed E-state index contributed by atoms with van der Waals surface area (Å²) in [5.74, 6) is 0.527. The van der Waals surface area contributed by atoms with Gasteiger partial charge < -0.3 is 10.6 Å². The van der Waals surface area contributed by atoms with Crippen molar-refractivity contribution >= 4 is 32.5 Å². The minimum Gasteiger partial charge on any atom is -0.383 e. The first-order chi connectivity index (χ1) is 11.8. The highest BCUT2D eigenvalue weighted by molar-refractivity contribution is 7.86. The summed E-state index contributed by atoms with van der Waals surface area (Å²) in [6, 6.07) is 9.95. The van der Waals surface area contributed by atoms with Gasteiger partial charge in [0.15, 0.2) is 0 Å². The molecule has 7 heteroatoms. The van der Waals surface area contributed by atoms with Gasteiger partial charge in [0.25, 0.3) is 10.1 Å². The number of nitrogens with one attached hydrogen (secondary N) is 2. The Bertz CT molecular complexity index is 847. The molecule has 3 N–H and O–H groups in total. The van der Waals surface area contributed by atoms with Gasteiger partial charge >= 0.3 is 0 Å². The van der Waals surface area contributed by atoms with E-state index in [0.717, 1.165) is 12.1 Å². The molecule has 136 valence electrons. The molecule has 2 aromatic rings. The second kappa shape index (κ2) is 8.31. The fourth-order valence-electron chi connectivity index (χ4n) is 2.57. The van der Waals surface area contributed by atoms with E-state index < -0.39 is 10.1 Å². The van der Waals surface area contributed by atoms with E-state index in [2.05, 4.69) is 24.5 Å². The van der Waals surface area contributed by atoms with Crippen molar-refractivity contribution in [3.05, 3.63) is 36.4 Å². The van der Waals surface area contributed by atoms with Crippen molar-refractivity contribution < 1.29 is 17.8 Å². The van der Waals surface area contributed by atoms with Gasteiger partial charge in [-0.05, 0) is 24.5 Å². The maximum absolute atomic E-state index is 11.7. The molecular formula is C18H24N2O4S. The van der Waals surface area contributed by atoms with Crippen LogP contribution in [0.5, 0.6) is 0 Å². The SMILES string of the molecule is CC(C)CCC(=O)NCCNc1cccc2c(S(=O)(=O)O)cccc12. The molecule has 6 nitrogen and oxygen atoms in total. The van der Waals surface area contributed by atoms with Gasteiger partial charge in [-0.25, -0.2) is 0 Å². The van der Waals surface area contributed by atoms with Crippen LogP contribution in [0, 0.1) is 5.92 Å². The van der Waals surface area contributed by atoms with E-state index in [-0.39, 0.29) is 10.8 Å². The topological polar surface area (TPSA) is 95.5 Å². The third-order valence-electron chi connectivity index (χ3n) is 3.87. The molecule has 0 spiro atoms. The second-order valence-electron chi connectivity index (χ2n) is 6.34. The van der Waals surface area contributed by atoms with E-state index in [1.54, 1.807) is 24.3 Å². The van der Waals surface area contributed by atoms with Crippen LogP contribution in [-0.4, -0.2) is 32.0 Å². The molecule has 2 rings (SSSR count). The van der Waals surface area contributed by atoms with Gasteiger partial charge in [0.2, 0.25) is 5.91 Å². The molecule has 0 unspecified atom stereocenters. The Morgan fingerprint density at radius 3 is 2.44 bits per heavy atom. The predicted octanol–water partition coefficient (Wildman–Crippen LogP) is 3.05. The number of rotatable bonds is 8. The first-order valence-electron chi connectivity index (χ1n) is 8.29. The van der Waals surface area contributed by atoms with Crippen LogP contribution in [0.25, 0.3) is 10.8 Å². The number of benzene rings is 2. The van der Waals surface area contributed by atoms with Gasteiger partial charge in [0, 0.05) is 36.0 Å². The number of carbonyl (C=O) groups is 1. The Hall–Kier alpha value is -2.12. The molecule has 2 aromatic carbocycles. The maximum atomic E-state index is 11.7. The van der Waals surface area contributed by atoms with Crippen LogP contribution in [0.1, 0.15) is 26.7 Å². The Labute approximate surface area is 148 Å². The molecule has 0 bridgehead atoms. The largest absolute Gasteiger partial charge is 0.383 e. The van der Waals surface area contributed by atoms with Crippen molar-refractivity contribution in [2.45, 2.75) is 31.6 Å². The standard InChI is InChI=1S/C18H24N2O4S/c1-13(2)9-10-18(21)20-12-11-19-16-7-3-6-15-14(16)5-4-8-17(15)25(22,23)24/h3-8,13,19H,9-12H2,1-2H3,(H,20,21)(H,22,23,24). The van der Waals surface area contributed by atoms with Crippen LogP contribution in [0.4, 0.5) is 5.69 Å². The Morgan fingerprint density at radius 1 is 1.08 bits per heavy atom. The highest BCUT2D eigenvalue weighted by Gasteiger charge is 2.14. The Morgan fingerprint density at radius 2 is 1.76 bits per heavy atom. The summed E-state index contributed by atoms with van der Waals surface area (Å²) >= 11 is 0. The molecule has 0 saturated heterocycles. The second-order valence-corrected chi connectivity index (χ2v) is 7.73. The number of anilines is 1. The summed E-state index contributed by atoms with van der Waals surface area (Å²) in [6.07, 6.45) is 1.38. The molecule has 0 aliphatic rings. The van der Waals surface area contributed by atoms with Crippen LogP contribution >= 0.6 is 0 Å². The smallest absolute Gasteiger partial charge is 0.295 e. The molecule has 1 amide bonds. The van der Waals surface area contributed by atoms with Crippen molar-refractivity contribution in [2.75, 3.05) is 18.4 Å². The third-order valence-corrected chi connectivity index (χ3v) is 4.78. The van der Waals surface area contributed by atoms with Gasteiger partial charge in [-0.2, -0.15) is 8.42 Å². The summed E-state index contributed by atoms with van der Waals surface area (Å²) < 4.78 is 32.3. The highest BCUT2D eigenvalue weighted by Crippen LogP contribution is 2.28. The van der Waals surface area contributed by atoms with Crippen molar-refractivity contribution in [3.8, 4) is 0 Å². The first kappa shape index (κ1) is 19.2. The van der Waals surface area contributed by atoms with Crippen molar-refractivity contribution in [1.29, 1.82) is 0 Å². The lowest BCUT2D eigenvalue weighted by Crippen LogP contribution is -2.28. The molecule has 0 radical (unpaired) electrons. The summed E-state index contributed by atoms with van der Waals surface area (Å²) in [4.78, 5) is 11.6. The van der Waals surface area contributed by atoms with Gasteiger partial charge in [-0.15, -0.1) is 0 Å². The maximum Gasteiger partial charge on any atom is 0.295 e. The van der Waals surface area contributed by atoms with E-state index in [9.17, 15) is 17.8 Å². The minimum absolute atomic E-state index is 0.0297. The van der Waals surface area contributed by atoms with E-state index in [0.29, 0.717) is 36.2 Å². The molecule has 25 heavy (non-hydrogen) atoms. The van der Waals surface area contributed by atoms with E-state index in [1.165, 1.54) is 6.07 Å². The van der Waals surface area contributed by atoms with Gasteiger partial charge in [-0.3, -0.25) is 9.35 Å². The molecular weight excluding hydrogens is 340 g/mol. The zero-order valence-corrected chi connectivity index (χ0v) is 15.3. The van der Waals surface area contributed by atoms with Crippen LogP contribution in [0.2, 0.25) is 0 Å². The van der Waals surface area contributed by atoms with Crippen LogP contribution < -0.4 is 10.6 Å².